The Balaban J connectivity index is 0.00000385. The minimum absolute atomic E-state index is 0. The number of halogens is 4. The van der Waals surface area contributed by atoms with Gasteiger partial charge in [0, 0.05) is 58.4 Å². The lowest BCUT2D eigenvalue weighted by Gasteiger charge is -2.32. The molecule has 1 aliphatic heterocycles. The van der Waals surface area contributed by atoms with Crippen molar-refractivity contribution < 1.29 is 17.9 Å². The third kappa shape index (κ3) is 9.38. The number of rotatable bonds is 7. The molecular formula is C23H31F3IN5O. The second kappa shape index (κ2) is 13.0. The summed E-state index contributed by atoms with van der Waals surface area (Å²) in [4.78, 5) is 8.94. The van der Waals surface area contributed by atoms with Gasteiger partial charge in [0.2, 0.25) is 0 Å². The number of hydrogen-bond donors (Lipinski definition) is 2. The van der Waals surface area contributed by atoms with Gasteiger partial charge >= 0.3 is 6.36 Å². The van der Waals surface area contributed by atoms with Crippen LogP contribution >= 0.6 is 24.0 Å². The van der Waals surface area contributed by atoms with E-state index in [0.29, 0.717) is 18.1 Å². The predicted octanol–water partition coefficient (Wildman–Crippen LogP) is 3.82. The first-order chi connectivity index (χ1) is 15.3. The fourth-order valence-corrected chi connectivity index (χ4v) is 3.49. The maximum Gasteiger partial charge on any atom is 0.573 e. The van der Waals surface area contributed by atoms with Gasteiger partial charge in [0.1, 0.15) is 5.75 Å². The molecule has 0 aliphatic carbocycles. The Morgan fingerprint density at radius 3 is 2.18 bits per heavy atom. The molecule has 10 heteroatoms. The number of alkyl halides is 3. The second-order valence-electron chi connectivity index (χ2n) is 7.83. The summed E-state index contributed by atoms with van der Waals surface area (Å²) in [6.07, 6.45) is -4.73. The molecule has 0 bridgehead atoms. The van der Waals surface area contributed by atoms with Crippen LogP contribution in [0.1, 0.15) is 16.7 Å². The van der Waals surface area contributed by atoms with Crippen molar-refractivity contribution >= 4 is 29.9 Å². The first-order valence-electron chi connectivity index (χ1n) is 10.6. The van der Waals surface area contributed by atoms with Crippen molar-refractivity contribution in [3.05, 3.63) is 65.2 Å². The molecule has 1 fully saturated rings. The van der Waals surface area contributed by atoms with E-state index in [4.69, 9.17) is 0 Å². The van der Waals surface area contributed by atoms with Crippen LogP contribution in [0.15, 0.2) is 53.5 Å². The Morgan fingerprint density at radius 2 is 1.55 bits per heavy atom. The van der Waals surface area contributed by atoms with Crippen LogP contribution in [0, 0.1) is 0 Å². The van der Waals surface area contributed by atoms with Gasteiger partial charge in [-0.15, -0.1) is 37.1 Å². The van der Waals surface area contributed by atoms with Gasteiger partial charge in [-0.05, 0) is 24.2 Å². The lowest BCUT2D eigenvalue weighted by Crippen LogP contribution is -2.43. The highest BCUT2D eigenvalue weighted by Gasteiger charge is 2.31. The Bertz CT molecular complexity index is 884. The summed E-state index contributed by atoms with van der Waals surface area (Å²) in [5.74, 6) is 0.271. The molecule has 2 N–H and O–H groups in total. The monoisotopic (exact) mass is 577 g/mol. The lowest BCUT2D eigenvalue weighted by molar-refractivity contribution is -0.274. The van der Waals surface area contributed by atoms with E-state index in [2.05, 4.69) is 61.5 Å². The number of guanidine groups is 1. The van der Waals surface area contributed by atoms with E-state index in [1.54, 1.807) is 19.2 Å². The summed E-state index contributed by atoms with van der Waals surface area (Å²) >= 11 is 0. The smallest absolute Gasteiger partial charge is 0.405 e. The first kappa shape index (κ1) is 27.2. The van der Waals surface area contributed by atoms with Gasteiger partial charge in [-0.2, -0.15) is 0 Å². The minimum atomic E-state index is -4.73. The quantitative estimate of drug-likeness (QED) is 0.298. The van der Waals surface area contributed by atoms with Crippen LogP contribution in [0.25, 0.3) is 0 Å². The summed E-state index contributed by atoms with van der Waals surface area (Å²) in [6, 6.07) is 14.5. The zero-order valence-electron chi connectivity index (χ0n) is 18.9. The largest absolute Gasteiger partial charge is 0.573 e. The molecule has 0 aromatic heterocycles. The topological polar surface area (TPSA) is 52.1 Å². The third-order valence-corrected chi connectivity index (χ3v) is 5.35. The van der Waals surface area contributed by atoms with E-state index in [1.807, 2.05) is 0 Å². The highest BCUT2D eigenvalue weighted by Crippen LogP contribution is 2.26. The van der Waals surface area contributed by atoms with Gasteiger partial charge in [-0.25, -0.2) is 0 Å². The molecule has 2 aromatic rings. The van der Waals surface area contributed by atoms with Crippen molar-refractivity contribution in [3.8, 4) is 5.75 Å². The molecule has 1 saturated heterocycles. The number of ether oxygens (including phenoxy) is 1. The number of aliphatic imine (C=N–C) groups is 1. The van der Waals surface area contributed by atoms with Crippen LogP contribution in [0.5, 0.6) is 5.75 Å². The van der Waals surface area contributed by atoms with E-state index >= 15 is 0 Å². The summed E-state index contributed by atoms with van der Waals surface area (Å²) in [7, 11) is 3.77. The summed E-state index contributed by atoms with van der Waals surface area (Å²) in [6.45, 7) is 6.01. The highest BCUT2D eigenvalue weighted by molar-refractivity contribution is 14.0. The van der Waals surface area contributed by atoms with Gasteiger partial charge < -0.3 is 20.3 Å². The first-order valence-corrected chi connectivity index (χ1v) is 10.6. The van der Waals surface area contributed by atoms with Gasteiger partial charge in [0.15, 0.2) is 5.96 Å². The molecule has 0 amide bonds. The molecule has 6 nitrogen and oxygen atoms in total. The Morgan fingerprint density at radius 1 is 0.939 bits per heavy atom. The van der Waals surface area contributed by atoms with Gasteiger partial charge in [-0.3, -0.25) is 9.89 Å². The molecule has 0 radical (unpaired) electrons. The van der Waals surface area contributed by atoms with Crippen molar-refractivity contribution in [2.24, 2.45) is 4.99 Å². The summed E-state index contributed by atoms with van der Waals surface area (Å²) in [5, 5.41) is 6.22. The van der Waals surface area contributed by atoms with Gasteiger partial charge in [0.25, 0.3) is 0 Å². The SMILES string of the molecule is CN=C(NCc1ccc(CN2CCN(C)CC2)cc1)NCc1ccccc1OC(F)(F)F.I. The summed E-state index contributed by atoms with van der Waals surface area (Å²) < 4.78 is 41.9. The highest BCUT2D eigenvalue weighted by atomic mass is 127. The maximum absolute atomic E-state index is 12.6. The van der Waals surface area contributed by atoms with E-state index < -0.39 is 6.36 Å². The fraction of sp³-hybridized carbons (Fsp3) is 0.435. The number of piperazine rings is 1. The Labute approximate surface area is 210 Å². The zero-order valence-corrected chi connectivity index (χ0v) is 21.2. The van der Waals surface area contributed by atoms with Crippen molar-refractivity contribution in [3.63, 3.8) is 0 Å². The Hall–Kier alpha value is -2.05. The number of hydrogen-bond acceptors (Lipinski definition) is 4. The van der Waals surface area contributed by atoms with E-state index in [-0.39, 0.29) is 36.3 Å². The van der Waals surface area contributed by atoms with Crippen LogP contribution in [0.2, 0.25) is 0 Å². The summed E-state index contributed by atoms with van der Waals surface area (Å²) in [5.41, 5.74) is 2.76. The fourth-order valence-electron chi connectivity index (χ4n) is 3.49. The standard InChI is InChI=1S/C23H30F3N5O.HI/c1-27-22(29-16-20-5-3-4-6-21(20)32-23(24,25)26)28-15-18-7-9-19(10-8-18)17-31-13-11-30(2)12-14-31;/h3-10H,11-17H2,1-2H3,(H2,27,28,29);1H. The van der Waals surface area contributed by atoms with Crippen molar-refractivity contribution in [1.29, 1.82) is 0 Å². The van der Waals surface area contributed by atoms with Crippen molar-refractivity contribution in [1.82, 2.24) is 20.4 Å². The molecule has 2 aromatic carbocycles. The van der Waals surface area contributed by atoms with Crippen LogP contribution < -0.4 is 15.4 Å². The van der Waals surface area contributed by atoms with Gasteiger partial charge in [0.05, 0.1) is 0 Å². The average Bonchev–Trinajstić information content (AvgIpc) is 2.76. The normalized spacial score (nSPS) is 15.6. The lowest BCUT2D eigenvalue weighted by atomic mass is 10.1. The molecule has 0 spiro atoms. The number of para-hydroxylation sites is 1. The number of nitrogens with zero attached hydrogens (tertiary/aromatic N) is 3. The maximum atomic E-state index is 12.6. The molecule has 0 atom stereocenters. The van der Waals surface area contributed by atoms with Crippen LogP contribution in [0.4, 0.5) is 13.2 Å². The molecule has 1 heterocycles. The molecule has 1 aliphatic rings. The molecular weight excluding hydrogens is 546 g/mol. The molecule has 182 valence electrons. The Kier molecular flexibility index (Phi) is 10.7. The third-order valence-electron chi connectivity index (χ3n) is 5.35. The molecule has 33 heavy (non-hydrogen) atoms. The number of likely N-dealkylation sites (N-methyl/N-ethyl adjacent to an activating group) is 1. The van der Waals surface area contributed by atoms with Gasteiger partial charge in [-0.1, -0.05) is 42.5 Å². The molecule has 3 rings (SSSR count). The second-order valence-corrected chi connectivity index (χ2v) is 7.83. The predicted molar refractivity (Wildman–Crippen MR) is 135 cm³/mol. The van der Waals surface area contributed by atoms with Crippen LogP contribution in [0.3, 0.4) is 0 Å². The van der Waals surface area contributed by atoms with E-state index in [0.717, 1.165) is 38.3 Å². The number of benzene rings is 2. The van der Waals surface area contributed by atoms with Crippen molar-refractivity contribution in [2.75, 3.05) is 40.3 Å². The minimum Gasteiger partial charge on any atom is -0.405 e. The number of nitrogens with one attached hydrogen (secondary N) is 2. The molecule has 0 saturated carbocycles. The average molecular weight is 577 g/mol. The molecule has 0 unspecified atom stereocenters. The van der Waals surface area contributed by atoms with Crippen LogP contribution in [-0.2, 0) is 19.6 Å². The van der Waals surface area contributed by atoms with E-state index in [9.17, 15) is 13.2 Å². The van der Waals surface area contributed by atoms with Crippen molar-refractivity contribution in [2.45, 2.75) is 26.0 Å². The van der Waals surface area contributed by atoms with E-state index in [1.165, 1.54) is 17.7 Å². The van der Waals surface area contributed by atoms with Crippen LogP contribution in [-0.4, -0.2) is 62.4 Å². The zero-order chi connectivity index (χ0) is 23.0.